The normalized spacial score (nSPS) is 15.7. The summed E-state index contributed by atoms with van der Waals surface area (Å²) in [6.45, 7) is 0. The summed E-state index contributed by atoms with van der Waals surface area (Å²) in [6, 6.07) is 14.1. The number of carbonyl (C=O) groups is 3. The molecule has 2 aromatic carbocycles. The zero-order valence-corrected chi connectivity index (χ0v) is 15.4. The summed E-state index contributed by atoms with van der Waals surface area (Å²) in [5.41, 5.74) is 0.612. The minimum absolute atomic E-state index is 0.133. The fraction of sp³-hybridized carbons (Fsp3) is 0. The maximum absolute atomic E-state index is 13.1. The van der Waals surface area contributed by atoms with Crippen molar-refractivity contribution in [3.05, 3.63) is 82.8 Å². The zero-order valence-electron chi connectivity index (χ0n) is 14.7. The van der Waals surface area contributed by atoms with Crippen molar-refractivity contribution in [1.29, 1.82) is 0 Å². The van der Waals surface area contributed by atoms with Crippen LogP contribution < -0.4 is 10.2 Å². The highest BCUT2D eigenvalue weighted by Gasteiger charge is 2.37. The van der Waals surface area contributed by atoms with Crippen molar-refractivity contribution in [1.82, 2.24) is 5.32 Å². The Morgan fingerprint density at radius 3 is 2.31 bits per heavy atom. The van der Waals surface area contributed by atoms with Gasteiger partial charge in [0.25, 0.3) is 11.8 Å². The lowest BCUT2D eigenvalue weighted by Gasteiger charge is -2.26. The first-order valence-corrected chi connectivity index (χ1v) is 8.83. The van der Waals surface area contributed by atoms with Gasteiger partial charge in [-0.2, -0.15) is 0 Å². The quantitative estimate of drug-likeness (QED) is 0.512. The first-order chi connectivity index (χ1) is 13.9. The van der Waals surface area contributed by atoms with Gasteiger partial charge in [-0.25, -0.2) is 14.1 Å². The van der Waals surface area contributed by atoms with E-state index < -0.39 is 23.7 Å². The Hall–Kier alpha value is -3.71. The molecular formula is C21H12ClFN2O4. The van der Waals surface area contributed by atoms with Gasteiger partial charge in [0.1, 0.15) is 22.9 Å². The minimum atomic E-state index is -0.912. The Morgan fingerprint density at radius 2 is 1.62 bits per heavy atom. The van der Waals surface area contributed by atoms with E-state index in [4.69, 9.17) is 16.0 Å². The van der Waals surface area contributed by atoms with Crippen LogP contribution in [0.3, 0.4) is 0 Å². The van der Waals surface area contributed by atoms with Crippen LogP contribution in [0.25, 0.3) is 17.4 Å². The van der Waals surface area contributed by atoms with Crippen LogP contribution in [-0.2, 0) is 9.59 Å². The Morgan fingerprint density at radius 1 is 0.931 bits per heavy atom. The standard InChI is InChI=1S/C21H12ClFN2O4/c22-13-3-1-12(2-4-13)18-10-9-16(29-18)11-17-19(26)24-21(28)25(20(17)27)15-7-5-14(23)6-8-15/h1-11H,(H,24,26,28). The molecule has 1 saturated heterocycles. The number of barbiturate groups is 1. The summed E-state index contributed by atoms with van der Waals surface area (Å²) in [6.07, 6.45) is 1.25. The largest absolute Gasteiger partial charge is 0.457 e. The molecular weight excluding hydrogens is 399 g/mol. The molecule has 6 nitrogen and oxygen atoms in total. The summed E-state index contributed by atoms with van der Waals surface area (Å²) < 4.78 is 18.8. The summed E-state index contributed by atoms with van der Waals surface area (Å²) in [5.74, 6) is -1.43. The third-order valence-corrected chi connectivity index (χ3v) is 4.48. The number of rotatable bonds is 3. The second-order valence-electron chi connectivity index (χ2n) is 6.14. The predicted molar refractivity (Wildman–Crippen MR) is 105 cm³/mol. The SMILES string of the molecule is O=C1NC(=O)N(c2ccc(F)cc2)C(=O)C1=Cc1ccc(-c2ccc(Cl)cc2)o1. The average molecular weight is 411 g/mol. The molecule has 1 aliphatic rings. The number of hydrogen-bond acceptors (Lipinski definition) is 4. The summed E-state index contributed by atoms with van der Waals surface area (Å²) in [4.78, 5) is 37.9. The number of carbonyl (C=O) groups excluding carboxylic acids is 3. The molecule has 29 heavy (non-hydrogen) atoms. The van der Waals surface area contributed by atoms with Crippen LogP contribution in [0.15, 0.2) is 70.7 Å². The zero-order chi connectivity index (χ0) is 20.5. The number of nitrogens with zero attached hydrogens (tertiary/aromatic N) is 1. The van der Waals surface area contributed by atoms with Crippen LogP contribution in [0.1, 0.15) is 5.76 Å². The topological polar surface area (TPSA) is 79.6 Å². The fourth-order valence-corrected chi connectivity index (χ4v) is 2.95. The van der Waals surface area contributed by atoms with Gasteiger partial charge in [0.2, 0.25) is 0 Å². The molecule has 0 saturated carbocycles. The van der Waals surface area contributed by atoms with Crippen LogP contribution in [0.4, 0.5) is 14.9 Å². The van der Waals surface area contributed by atoms with Crippen molar-refractivity contribution >= 4 is 41.2 Å². The van der Waals surface area contributed by atoms with E-state index in [0.29, 0.717) is 10.8 Å². The molecule has 1 fully saturated rings. The van der Waals surface area contributed by atoms with Crippen molar-refractivity contribution in [3.8, 4) is 11.3 Å². The van der Waals surface area contributed by atoms with E-state index in [9.17, 15) is 18.8 Å². The van der Waals surface area contributed by atoms with Gasteiger partial charge in [0.05, 0.1) is 5.69 Å². The maximum atomic E-state index is 13.1. The molecule has 144 valence electrons. The summed E-state index contributed by atoms with van der Waals surface area (Å²) >= 11 is 5.87. The van der Waals surface area contributed by atoms with E-state index in [1.165, 1.54) is 18.2 Å². The number of amides is 4. The molecule has 1 aromatic heterocycles. The van der Waals surface area contributed by atoms with Gasteiger partial charge in [0, 0.05) is 10.6 Å². The number of urea groups is 1. The molecule has 0 radical (unpaired) electrons. The van der Waals surface area contributed by atoms with Crippen molar-refractivity contribution in [3.63, 3.8) is 0 Å². The molecule has 0 spiro atoms. The van der Waals surface area contributed by atoms with E-state index in [-0.39, 0.29) is 17.0 Å². The monoisotopic (exact) mass is 410 g/mol. The Kier molecular flexibility index (Phi) is 4.74. The molecule has 0 bridgehead atoms. The lowest BCUT2D eigenvalue weighted by Crippen LogP contribution is -2.54. The minimum Gasteiger partial charge on any atom is -0.457 e. The van der Waals surface area contributed by atoms with E-state index in [2.05, 4.69) is 5.32 Å². The van der Waals surface area contributed by atoms with Gasteiger partial charge < -0.3 is 4.42 Å². The highest BCUT2D eigenvalue weighted by atomic mass is 35.5. The van der Waals surface area contributed by atoms with Gasteiger partial charge >= 0.3 is 6.03 Å². The molecule has 0 aliphatic carbocycles. The highest BCUT2D eigenvalue weighted by Crippen LogP contribution is 2.26. The molecule has 2 heterocycles. The van der Waals surface area contributed by atoms with Crippen LogP contribution >= 0.6 is 11.6 Å². The van der Waals surface area contributed by atoms with Gasteiger partial charge in [-0.15, -0.1) is 0 Å². The molecule has 0 atom stereocenters. The fourth-order valence-electron chi connectivity index (χ4n) is 2.82. The first kappa shape index (κ1) is 18.6. The van der Waals surface area contributed by atoms with Crippen LogP contribution in [0, 0.1) is 5.82 Å². The van der Waals surface area contributed by atoms with Crippen molar-refractivity contribution in [2.45, 2.75) is 0 Å². The number of halogens is 2. The van der Waals surface area contributed by atoms with Gasteiger partial charge in [-0.05, 0) is 66.7 Å². The Labute approximate surface area is 169 Å². The van der Waals surface area contributed by atoms with Crippen LogP contribution in [0.5, 0.6) is 0 Å². The lowest BCUT2D eigenvalue weighted by atomic mass is 10.1. The van der Waals surface area contributed by atoms with Crippen LogP contribution in [-0.4, -0.2) is 17.8 Å². The van der Waals surface area contributed by atoms with Crippen LogP contribution in [0.2, 0.25) is 5.02 Å². The van der Waals surface area contributed by atoms with E-state index in [1.807, 2.05) is 0 Å². The van der Waals surface area contributed by atoms with Crippen molar-refractivity contribution < 1.29 is 23.2 Å². The van der Waals surface area contributed by atoms with Gasteiger partial charge in [-0.1, -0.05) is 11.6 Å². The van der Waals surface area contributed by atoms with Gasteiger partial charge in [0.15, 0.2) is 0 Å². The Bertz CT molecular complexity index is 1150. The molecule has 4 rings (SSSR count). The lowest BCUT2D eigenvalue weighted by molar-refractivity contribution is -0.122. The molecule has 1 aliphatic heterocycles. The van der Waals surface area contributed by atoms with E-state index >= 15 is 0 Å². The average Bonchev–Trinajstić information content (AvgIpc) is 3.16. The molecule has 3 aromatic rings. The number of hydrogen-bond donors (Lipinski definition) is 1. The number of benzene rings is 2. The van der Waals surface area contributed by atoms with E-state index in [0.717, 1.165) is 22.6 Å². The molecule has 4 amide bonds. The number of anilines is 1. The summed E-state index contributed by atoms with van der Waals surface area (Å²) in [7, 11) is 0. The highest BCUT2D eigenvalue weighted by molar-refractivity contribution is 6.39. The first-order valence-electron chi connectivity index (χ1n) is 8.45. The van der Waals surface area contributed by atoms with Crippen molar-refractivity contribution in [2.24, 2.45) is 0 Å². The van der Waals surface area contributed by atoms with Gasteiger partial charge in [-0.3, -0.25) is 14.9 Å². The third kappa shape index (κ3) is 3.68. The molecule has 0 unspecified atom stereocenters. The molecule has 1 N–H and O–H groups in total. The number of nitrogens with one attached hydrogen (secondary N) is 1. The Balaban J connectivity index is 1.66. The third-order valence-electron chi connectivity index (χ3n) is 4.23. The van der Waals surface area contributed by atoms with Crippen molar-refractivity contribution in [2.75, 3.05) is 4.90 Å². The smallest absolute Gasteiger partial charge is 0.335 e. The van der Waals surface area contributed by atoms with E-state index in [1.54, 1.807) is 36.4 Å². The second-order valence-corrected chi connectivity index (χ2v) is 6.58. The number of furan rings is 1. The number of imide groups is 2. The maximum Gasteiger partial charge on any atom is 0.335 e. The second kappa shape index (κ2) is 7.37. The predicted octanol–water partition coefficient (Wildman–Crippen LogP) is 4.41. The molecule has 8 heteroatoms. The summed E-state index contributed by atoms with van der Waals surface area (Å²) in [5, 5.41) is 2.68.